The predicted octanol–water partition coefficient (Wildman–Crippen LogP) is 4.52. The molecule has 1 aromatic carbocycles. The van der Waals surface area contributed by atoms with Crippen molar-refractivity contribution in [2.75, 3.05) is 18.0 Å². The van der Waals surface area contributed by atoms with Crippen molar-refractivity contribution in [3.05, 3.63) is 28.2 Å². The van der Waals surface area contributed by atoms with Crippen LogP contribution in [-0.2, 0) is 0 Å². The second-order valence-electron chi connectivity index (χ2n) is 6.52. The molecule has 1 fully saturated rings. The van der Waals surface area contributed by atoms with Gasteiger partial charge in [-0.2, -0.15) is 0 Å². The molecule has 0 spiro atoms. The maximum Gasteiger partial charge on any atom is 0.159 e. The number of carbonyl (C=O) groups is 1. The Morgan fingerprint density at radius 3 is 2.53 bits per heavy atom. The van der Waals surface area contributed by atoms with E-state index in [0.717, 1.165) is 29.0 Å². The third-order valence-corrected chi connectivity index (χ3v) is 4.74. The average molecular weight is 324 g/mol. The number of benzene rings is 1. The molecule has 0 saturated carbocycles. The summed E-state index contributed by atoms with van der Waals surface area (Å²) in [4.78, 5) is 13.8. The van der Waals surface area contributed by atoms with Crippen molar-refractivity contribution in [1.29, 1.82) is 0 Å². The minimum absolute atomic E-state index is 0.112. The van der Waals surface area contributed by atoms with Crippen LogP contribution in [0, 0.1) is 11.3 Å². The number of hydrogen-bond donors (Lipinski definition) is 0. The van der Waals surface area contributed by atoms with Gasteiger partial charge in [0.15, 0.2) is 5.78 Å². The quantitative estimate of drug-likeness (QED) is 0.745. The van der Waals surface area contributed by atoms with Crippen LogP contribution in [0.5, 0.6) is 0 Å². The number of Topliss-reactive ketones (excluding diaryl/α,β-unsaturated/α-hetero) is 1. The van der Waals surface area contributed by atoms with Gasteiger partial charge in [0.05, 0.1) is 5.69 Å². The lowest BCUT2D eigenvalue weighted by molar-refractivity contribution is 0.101. The van der Waals surface area contributed by atoms with Crippen LogP contribution in [0.4, 0.5) is 5.69 Å². The van der Waals surface area contributed by atoms with Crippen LogP contribution < -0.4 is 4.90 Å². The number of ketones is 1. The van der Waals surface area contributed by atoms with Crippen molar-refractivity contribution >= 4 is 27.4 Å². The summed E-state index contributed by atoms with van der Waals surface area (Å²) >= 11 is 3.60. The molecule has 2 rings (SSSR count). The lowest BCUT2D eigenvalue weighted by atomic mass is 9.80. The number of hydrogen-bond acceptors (Lipinski definition) is 2. The van der Waals surface area contributed by atoms with E-state index in [9.17, 15) is 4.79 Å². The molecular formula is C16H22BrNO. The van der Waals surface area contributed by atoms with Gasteiger partial charge in [-0.15, -0.1) is 0 Å². The second-order valence-corrected chi connectivity index (χ2v) is 7.37. The fraction of sp³-hybridized carbons (Fsp3) is 0.562. The number of rotatable bonds is 2. The molecule has 0 N–H and O–H groups in total. The van der Waals surface area contributed by atoms with E-state index in [0.29, 0.717) is 5.41 Å². The largest absolute Gasteiger partial charge is 0.370 e. The van der Waals surface area contributed by atoms with E-state index in [-0.39, 0.29) is 5.78 Å². The molecule has 1 aliphatic heterocycles. The van der Waals surface area contributed by atoms with Crippen LogP contribution in [0.15, 0.2) is 22.7 Å². The molecule has 1 saturated heterocycles. The van der Waals surface area contributed by atoms with Crippen molar-refractivity contribution in [3.63, 3.8) is 0 Å². The zero-order valence-electron chi connectivity index (χ0n) is 12.2. The molecule has 1 heterocycles. The summed E-state index contributed by atoms with van der Waals surface area (Å²) in [5.74, 6) is 0.841. The first kappa shape index (κ1) is 14.6. The molecule has 104 valence electrons. The minimum Gasteiger partial charge on any atom is -0.370 e. The topological polar surface area (TPSA) is 20.3 Å². The zero-order chi connectivity index (χ0) is 14.2. The summed E-state index contributed by atoms with van der Waals surface area (Å²) in [5, 5.41) is 0. The Morgan fingerprint density at radius 2 is 2.05 bits per heavy atom. The van der Waals surface area contributed by atoms with Gasteiger partial charge in [-0.25, -0.2) is 0 Å². The van der Waals surface area contributed by atoms with Crippen LogP contribution in [0.25, 0.3) is 0 Å². The van der Waals surface area contributed by atoms with Gasteiger partial charge in [0.2, 0.25) is 0 Å². The summed E-state index contributed by atoms with van der Waals surface area (Å²) in [6.07, 6.45) is 1.24. The summed E-state index contributed by atoms with van der Waals surface area (Å²) in [6, 6.07) is 5.92. The average Bonchev–Trinajstić information content (AvgIpc) is 2.77. The summed E-state index contributed by atoms with van der Waals surface area (Å²) in [6.45, 7) is 10.7. The SMILES string of the molecule is CC(=O)c1ccc(N2CCC(C(C)(C)C)C2)c(Br)c1. The maximum absolute atomic E-state index is 11.4. The van der Waals surface area contributed by atoms with E-state index >= 15 is 0 Å². The number of nitrogens with zero attached hydrogens (tertiary/aromatic N) is 1. The third-order valence-electron chi connectivity index (χ3n) is 4.11. The monoisotopic (exact) mass is 323 g/mol. The molecular weight excluding hydrogens is 302 g/mol. The highest BCUT2D eigenvalue weighted by Crippen LogP contribution is 2.38. The zero-order valence-corrected chi connectivity index (χ0v) is 13.8. The van der Waals surface area contributed by atoms with E-state index in [1.54, 1.807) is 6.92 Å². The van der Waals surface area contributed by atoms with Crippen molar-refractivity contribution in [3.8, 4) is 0 Å². The van der Waals surface area contributed by atoms with Gasteiger partial charge in [-0.05, 0) is 58.8 Å². The van der Waals surface area contributed by atoms with Crippen LogP contribution in [0.3, 0.4) is 0 Å². The second kappa shape index (κ2) is 5.28. The first-order valence-electron chi connectivity index (χ1n) is 6.84. The van der Waals surface area contributed by atoms with E-state index < -0.39 is 0 Å². The van der Waals surface area contributed by atoms with E-state index in [1.165, 1.54) is 12.1 Å². The molecule has 2 nitrogen and oxygen atoms in total. The summed E-state index contributed by atoms with van der Waals surface area (Å²) < 4.78 is 1.02. The first-order chi connectivity index (χ1) is 8.79. The van der Waals surface area contributed by atoms with Gasteiger partial charge in [0.25, 0.3) is 0 Å². The third kappa shape index (κ3) is 3.19. The van der Waals surface area contributed by atoms with Gasteiger partial charge in [0.1, 0.15) is 0 Å². The number of carbonyl (C=O) groups excluding carboxylic acids is 1. The Labute approximate surface area is 124 Å². The number of halogens is 1. The number of anilines is 1. The van der Waals surface area contributed by atoms with Crippen molar-refractivity contribution in [2.24, 2.45) is 11.3 Å². The fourth-order valence-corrected chi connectivity index (χ4v) is 3.30. The predicted molar refractivity (Wildman–Crippen MR) is 83.9 cm³/mol. The smallest absolute Gasteiger partial charge is 0.159 e. The normalized spacial score (nSPS) is 19.8. The molecule has 3 heteroatoms. The van der Waals surface area contributed by atoms with Crippen LogP contribution in [0.2, 0.25) is 0 Å². The minimum atomic E-state index is 0.112. The van der Waals surface area contributed by atoms with Gasteiger partial charge in [-0.3, -0.25) is 4.79 Å². The van der Waals surface area contributed by atoms with Crippen LogP contribution in [-0.4, -0.2) is 18.9 Å². The summed E-state index contributed by atoms with van der Waals surface area (Å²) in [5.41, 5.74) is 2.33. The van der Waals surface area contributed by atoms with Gasteiger partial charge < -0.3 is 4.90 Å². The molecule has 0 radical (unpaired) electrons. The van der Waals surface area contributed by atoms with E-state index in [1.807, 2.05) is 12.1 Å². The molecule has 1 unspecified atom stereocenters. The fourth-order valence-electron chi connectivity index (χ4n) is 2.67. The molecule has 19 heavy (non-hydrogen) atoms. The van der Waals surface area contributed by atoms with Gasteiger partial charge >= 0.3 is 0 Å². The van der Waals surface area contributed by atoms with Crippen molar-refractivity contribution in [1.82, 2.24) is 0 Å². The molecule has 1 aliphatic rings. The molecule has 1 aromatic rings. The van der Waals surface area contributed by atoms with Crippen LogP contribution >= 0.6 is 15.9 Å². The Hall–Kier alpha value is -0.830. The highest BCUT2D eigenvalue weighted by atomic mass is 79.9. The molecule has 0 bridgehead atoms. The standard InChI is InChI=1S/C16H22BrNO/c1-11(19)12-5-6-15(14(17)9-12)18-8-7-13(10-18)16(2,3)4/h5-6,9,13H,7-8,10H2,1-4H3. The van der Waals surface area contributed by atoms with E-state index in [2.05, 4.69) is 47.7 Å². The van der Waals surface area contributed by atoms with Crippen LogP contribution in [0.1, 0.15) is 44.5 Å². The molecule has 0 amide bonds. The lowest BCUT2D eigenvalue weighted by Crippen LogP contribution is -2.26. The molecule has 0 aromatic heterocycles. The Bertz CT molecular complexity index is 490. The van der Waals surface area contributed by atoms with E-state index in [4.69, 9.17) is 0 Å². The molecule has 1 atom stereocenters. The Kier molecular flexibility index (Phi) is 4.05. The van der Waals surface area contributed by atoms with Crippen molar-refractivity contribution < 1.29 is 4.79 Å². The maximum atomic E-state index is 11.4. The molecule has 0 aliphatic carbocycles. The first-order valence-corrected chi connectivity index (χ1v) is 7.64. The van der Waals surface area contributed by atoms with Gasteiger partial charge in [-0.1, -0.05) is 20.8 Å². The highest BCUT2D eigenvalue weighted by molar-refractivity contribution is 9.10. The van der Waals surface area contributed by atoms with Gasteiger partial charge in [0, 0.05) is 23.1 Å². The Morgan fingerprint density at radius 1 is 1.37 bits per heavy atom. The summed E-state index contributed by atoms with van der Waals surface area (Å²) in [7, 11) is 0. The lowest BCUT2D eigenvalue weighted by Gasteiger charge is -2.28. The van der Waals surface area contributed by atoms with Crippen molar-refractivity contribution in [2.45, 2.75) is 34.1 Å². The Balaban J connectivity index is 2.18. The highest BCUT2D eigenvalue weighted by Gasteiger charge is 2.32.